The number of amides is 1. The molecule has 0 aliphatic rings. The molecular weight excluding hydrogens is 410 g/mol. The number of carbonyl (C=O) groups excluding carboxylic acids is 2. The van der Waals surface area contributed by atoms with Crippen LogP contribution in [0.3, 0.4) is 0 Å². The summed E-state index contributed by atoms with van der Waals surface area (Å²) >= 11 is 0. The fraction of sp³-hybridized carbons (Fsp3) is 0.304. The first kappa shape index (κ1) is 22.4. The smallest absolute Gasteiger partial charge is 0.339 e. The van der Waals surface area contributed by atoms with Crippen molar-refractivity contribution in [2.75, 3.05) is 19.7 Å². The summed E-state index contributed by atoms with van der Waals surface area (Å²) in [5, 5.41) is 21.9. The van der Waals surface area contributed by atoms with Gasteiger partial charge >= 0.3 is 5.97 Å². The van der Waals surface area contributed by atoms with Crippen LogP contribution in [0.1, 0.15) is 34.5 Å². The summed E-state index contributed by atoms with van der Waals surface area (Å²) in [5.41, 5.74) is 3.25. The van der Waals surface area contributed by atoms with Gasteiger partial charge in [-0.05, 0) is 19.9 Å². The lowest BCUT2D eigenvalue weighted by atomic mass is 10.0. The van der Waals surface area contributed by atoms with Gasteiger partial charge in [0, 0.05) is 18.7 Å². The number of aryl methyl sites for hydroxylation is 2. The van der Waals surface area contributed by atoms with E-state index in [0.717, 1.165) is 11.1 Å². The molecule has 0 spiro atoms. The van der Waals surface area contributed by atoms with E-state index in [0.29, 0.717) is 16.8 Å². The number of fused-ring (bicyclic) bond motifs is 1. The van der Waals surface area contributed by atoms with Crippen molar-refractivity contribution in [1.29, 1.82) is 10.5 Å². The lowest BCUT2D eigenvalue weighted by Gasteiger charge is -2.20. The number of aromatic nitrogens is 2. The maximum atomic E-state index is 12.9. The Morgan fingerprint density at radius 1 is 1.09 bits per heavy atom. The molecule has 0 saturated carbocycles. The molecule has 0 aliphatic carbocycles. The summed E-state index contributed by atoms with van der Waals surface area (Å²) in [5.74, 6) is -1.19. The van der Waals surface area contributed by atoms with E-state index in [4.69, 9.17) is 19.8 Å². The van der Waals surface area contributed by atoms with Gasteiger partial charge in [0.1, 0.15) is 0 Å². The van der Waals surface area contributed by atoms with Gasteiger partial charge < -0.3 is 14.2 Å². The lowest BCUT2D eigenvalue weighted by molar-refractivity contribution is -0.134. The normalized spacial score (nSPS) is 10.4. The van der Waals surface area contributed by atoms with Gasteiger partial charge in [-0.3, -0.25) is 4.79 Å². The number of hydrogen-bond donors (Lipinski definition) is 0. The second-order valence-electron chi connectivity index (χ2n) is 7.14. The third-order valence-electron chi connectivity index (χ3n) is 4.85. The number of rotatable bonds is 8. The third kappa shape index (κ3) is 5.08. The molecule has 0 unspecified atom stereocenters. The molecule has 2 aromatic heterocycles. The predicted octanol–water partition coefficient (Wildman–Crippen LogP) is 3.32. The van der Waals surface area contributed by atoms with Crippen LogP contribution in [-0.4, -0.2) is 46.6 Å². The van der Waals surface area contributed by atoms with Gasteiger partial charge in [-0.25, -0.2) is 9.78 Å². The van der Waals surface area contributed by atoms with Crippen LogP contribution in [0.2, 0.25) is 0 Å². The maximum absolute atomic E-state index is 12.9. The van der Waals surface area contributed by atoms with Crippen LogP contribution in [0.5, 0.6) is 0 Å². The Morgan fingerprint density at radius 3 is 2.38 bits per heavy atom. The average molecular weight is 431 g/mol. The molecule has 0 bridgehead atoms. The monoisotopic (exact) mass is 431 g/mol. The molecule has 0 radical (unpaired) electrons. The fourth-order valence-corrected chi connectivity index (χ4v) is 3.16. The minimum Gasteiger partial charge on any atom is -0.452 e. The number of pyridine rings is 1. The van der Waals surface area contributed by atoms with Crippen molar-refractivity contribution >= 4 is 23.0 Å². The highest BCUT2D eigenvalue weighted by atomic mass is 16.5. The van der Waals surface area contributed by atoms with Crippen molar-refractivity contribution < 1.29 is 18.8 Å². The van der Waals surface area contributed by atoms with E-state index in [2.05, 4.69) is 10.1 Å². The molecule has 9 heteroatoms. The van der Waals surface area contributed by atoms with Crippen molar-refractivity contribution in [2.24, 2.45) is 0 Å². The largest absolute Gasteiger partial charge is 0.452 e. The van der Waals surface area contributed by atoms with Gasteiger partial charge in [-0.2, -0.15) is 10.5 Å². The number of nitrogens with zero attached hydrogens (tertiary/aromatic N) is 5. The third-order valence-corrected chi connectivity index (χ3v) is 4.85. The van der Waals surface area contributed by atoms with Gasteiger partial charge in [-0.1, -0.05) is 35.0 Å². The zero-order valence-corrected chi connectivity index (χ0v) is 17.8. The molecule has 0 aliphatic heterocycles. The molecule has 3 aromatic rings. The second-order valence-corrected chi connectivity index (χ2v) is 7.14. The Morgan fingerprint density at radius 2 is 1.75 bits per heavy atom. The van der Waals surface area contributed by atoms with E-state index in [-0.39, 0.29) is 37.2 Å². The minimum atomic E-state index is -0.717. The Labute approximate surface area is 184 Å². The zero-order valence-electron chi connectivity index (χ0n) is 17.8. The highest BCUT2D eigenvalue weighted by Crippen LogP contribution is 2.27. The topological polar surface area (TPSA) is 133 Å². The maximum Gasteiger partial charge on any atom is 0.339 e. The van der Waals surface area contributed by atoms with E-state index in [1.165, 1.54) is 4.90 Å². The molecule has 0 fully saturated rings. The fourth-order valence-electron chi connectivity index (χ4n) is 3.16. The van der Waals surface area contributed by atoms with Crippen LogP contribution in [0, 0.1) is 36.5 Å². The van der Waals surface area contributed by atoms with Crippen molar-refractivity contribution in [1.82, 2.24) is 15.0 Å². The van der Waals surface area contributed by atoms with Crippen LogP contribution in [-0.2, 0) is 9.53 Å². The zero-order chi connectivity index (χ0) is 23.1. The van der Waals surface area contributed by atoms with Gasteiger partial charge in [0.05, 0.1) is 47.3 Å². The molecule has 2 heterocycles. The molecule has 0 saturated heterocycles. The van der Waals surface area contributed by atoms with Gasteiger partial charge in [0.25, 0.3) is 11.6 Å². The summed E-state index contributed by atoms with van der Waals surface area (Å²) in [6.07, 6.45) is 0.242. The Balaban J connectivity index is 1.84. The van der Waals surface area contributed by atoms with Gasteiger partial charge in [-0.15, -0.1) is 0 Å². The summed E-state index contributed by atoms with van der Waals surface area (Å²) in [7, 11) is 0. The van der Waals surface area contributed by atoms with Gasteiger partial charge in [0.2, 0.25) is 0 Å². The summed E-state index contributed by atoms with van der Waals surface area (Å²) in [6, 6.07) is 13.1. The number of ether oxygens (including phenoxy) is 1. The van der Waals surface area contributed by atoms with Gasteiger partial charge in [0.15, 0.2) is 6.61 Å². The molecule has 1 aromatic carbocycles. The van der Waals surface area contributed by atoms with E-state index in [9.17, 15) is 9.59 Å². The first-order valence-electron chi connectivity index (χ1n) is 9.97. The van der Waals surface area contributed by atoms with E-state index in [1.54, 1.807) is 13.0 Å². The first-order valence-corrected chi connectivity index (χ1v) is 9.97. The standard InChI is InChI=1S/C23H21N5O4/c1-15-5-7-17(8-6-15)19-13-18(21-16(2)27-32-22(21)26-19)23(30)31-14-20(29)28(11-3-9-24)12-4-10-25/h5-8,13H,3-4,11-12,14H2,1-2H3. The number of carbonyl (C=O) groups is 2. The van der Waals surface area contributed by atoms with Crippen molar-refractivity contribution in [3.05, 3.63) is 47.2 Å². The number of nitriles is 2. The summed E-state index contributed by atoms with van der Waals surface area (Å²) in [4.78, 5) is 31.2. The molecule has 9 nitrogen and oxygen atoms in total. The van der Waals surface area contributed by atoms with Crippen molar-refractivity contribution in [3.8, 4) is 23.4 Å². The molecule has 0 atom stereocenters. The summed E-state index contributed by atoms with van der Waals surface area (Å²) in [6.45, 7) is 3.47. The number of hydrogen-bond acceptors (Lipinski definition) is 8. The SMILES string of the molecule is Cc1ccc(-c2cc(C(=O)OCC(=O)N(CCC#N)CCC#N)c3c(C)noc3n2)cc1. The average Bonchev–Trinajstić information content (AvgIpc) is 3.18. The Hall–Kier alpha value is -4.24. The first-order chi connectivity index (χ1) is 15.4. The quantitative estimate of drug-likeness (QED) is 0.496. The number of benzene rings is 1. The predicted molar refractivity (Wildman–Crippen MR) is 114 cm³/mol. The van der Waals surface area contributed by atoms with Crippen LogP contribution >= 0.6 is 0 Å². The molecule has 3 rings (SSSR count). The van der Waals surface area contributed by atoms with Crippen LogP contribution < -0.4 is 0 Å². The molecular formula is C23H21N5O4. The van der Waals surface area contributed by atoms with E-state index < -0.39 is 18.5 Å². The molecule has 0 N–H and O–H groups in total. The van der Waals surface area contributed by atoms with E-state index in [1.807, 2.05) is 43.3 Å². The second kappa shape index (κ2) is 10.2. The molecule has 32 heavy (non-hydrogen) atoms. The number of esters is 1. The van der Waals surface area contributed by atoms with Crippen LogP contribution in [0.25, 0.3) is 22.4 Å². The van der Waals surface area contributed by atoms with Crippen molar-refractivity contribution in [3.63, 3.8) is 0 Å². The van der Waals surface area contributed by atoms with Crippen LogP contribution in [0.4, 0.5) is 0 Å². The molecule has 162 valence electrons. The van der Waals surface area contributed by atoms with E-state index >= 15 is 0 Å². The van der Waals surface area contributed by atoms with Crippen molar-refractivity contribution in [2.45, 2.75) is 26.7 Å². The minimum absolute atomic E-state index is 0.121. The Bertz CT molecular complexity index is 1200. The summed E-state index contributed by atoms with van der Waals surface area (Å²) < 4.78 is 10.6. The lowest BCUT2D eigenvalue weighted by Crippen LogP contribution is -2.36. The van der Waals surface area contributed by atoms with Crippen LogP contribution in [0.15, 0.2) is 34.9 Å². The molecule has 1 amide bonds. The highest BCUT2D eigenvalue weighted by Gasteiger charge is 2.22. The highest BCUT2D eigenvalue weighted by molar-refractivity contribution is 6.04. The Kier molecular flexibility index (Phi) is 7.14.